The number of aromatic nitrogens is 1. The van der Waals surface area contributed by atoms with Crippen LogP contribution in [0.1, 0.15) is 38.3 Å². The lowest BCUT2D eigenvalue weighted by molar-refractivity contribution is -0.131. The van der Waals surface area contributed by atoms with Crippen molar-refractivity contribution in [2.24, 2.45) is 5.92 Å². The van der Waals surface area contributed by atoms with E-state index in [4.69, 9.17) is 9.84 Å². The summed E-state index contributed by atoms with van der Waals surface area (Å²) in [6.45, 7) is 2.26. The summed E-state index contributed by atoms with van der Waals surface area (Å²) in [6, 6.07) is 3.61. The van der Waals surface area contributed by atoms with E-state index < -0.39 is 5.97 Å². The molecule has 0 saturated heterocycles. The second-order valence-electron chi connectivity index (χ2n) is 5.10. The highest BCUT2D eigenvalue weighted by atomic mass is 16.5. The van der Waals surface area contributed by atoms with E-state index in [1.54, 1.807) is 12.3 Å². The quantitative estimate of drug-likeness (QED) is 0.846. The second kappa shape index (κ2) is 6.36. The topological polar surface area (TPSA) is 59.4 Å². The molecule has 1 saturated carbocycles. The molecule has 2 rings (SSSR count). The number of hydrogen-bond acceptors (Lipinski definition) is 3. The minimum absolute atomic E-state index is 0.283. The second-order valence-corrected chi connectivity index (χ2v) is 5.10. The number of carboxylic acids is 1. The molecule has 0 spiro atoms. The van der Waals surface area contributed by atoms with Crippen LogP contribution in [0, 0.1) is 5.92 Å². The van der Waals surface area contributed by atoms with Crippen LogP contribution in [0.25, 0.3) is 6.08 Å². The Morgan fingerprint density at radius 1 is 1.47 bits per heavy atom. The van der Waals surface area contributed by atoms with Crippen LogP contribution in [0.3, 0.4) is 0 Å². The van der Waals surface area contributed by atoms with Crippen LogP contribution in [0.15, 0.2) is 24.4 Å². The summed E-state index contributed by atoms with van der Waals surface area (Å²) >= 11 is 0. The molecule has 19 heavy (non-hydrogen) atoms. The Bertz CT molecular complexity index is 453. The first-order chi connectivity index (χ1) is 9.13. The van der Waals surface area contributed by atoms with E-state index in [9.17, 15) is 4.79 Å². The highest BCUT2D eigenvalue weighted by Crippen LogP contribution is 2.27. The number of ether oxygens (including phenoxy) is 1. The van der Waals surface area contributed by atoms with Gasteiger partial charge in [-0.25, -0.2) is 4.79 Å². The largest absolute Gasteiger partial charge is 0.489 e. The fourth-order valence-electron chi connectivity index (χ4n) is 2.39. The lowest BCUT2D eigenvalue weighted by Crippen LogP contribution is -2.24. The number of carboxylic acid groups (broad SMARTS) is 1. The van der Waals surface area contributed by atoms with Crippen LogP contribution in [-0.2, 0) is 4.79 Å². The molecule has 1 aliphatic carbocycles. The number of pyridine rings is 1. The standard InChI is InChI=1S/C15H19NO3/c1-11-3-2-4-13(9-11)19-14-7-5-12(16-10-14)6-8-15(17)18/h5-8,10-11,13H,2-4,9H2,1H3,(H,17,18). The molecule has 1 aliphatic rings. The van der Waals surface area contributed by atoms with Crippen LogP contribution >= 0.6 is 0 Å². The Balaban J connectivity index is 1.93. The predicted molar refractivity (Wildman–Crippen MR) is 73.0 cm³/mol. The number of nitrogens with zero attached hydrogens (tertiary/aromatic N) is 1. The van der Waals surface area contributed by atoms with E-state index in [0.717, 1.165) is 30.6 Å². The summed E-state index contributed by atoms with van der Waals surface area (Å²) in [5, 5.41) is 8.53. The van der Waals surface area contributed by atoms with Gasteiger partial charge in [0.25, 0.3) is 0 Å². The molecular formula is C15H19NO3. The Kier molecular flexibility index (Phi) is 4.55. The average molecular weight is 261 g/mol. The fourth-order valence-corrected chi connectivity index (χ4v) is 2.39. The molecule has 2 atom stereocenters. The van der Waals surface area contributed by atoms with E-state index in [1.165, 1.54) is 18.9 Å². The zero-order valence-electron chi connectivity index (χ0n) is 11.1. The molecule has 0 aliphatic heterocycles. The summed E-state index contributed by atoms with van der Waals surface area (Å²) < 4.78 is 5.90. The molecule has 0 amide bonds. The fraction of sp³-hybridized carbons (Fsp3) is 0.467. The molecule has 0 bridgehead atoms. The molecule has 1 fully saturated rings. The van der Waals surface area contributed by atoms with Crippen LogP contribution in [0.5, 0.6) is 5.75 Å². The van der Waals surface area contributed by atoms with E-state index in [1.807, 2.05) is 6.07 Å². The SMILES string of the molecule is CC1CCCC(Oc2ccc(C=CC(=O)O)nc2)C1. The number of carbonyl (C=O) groups is 1. The van der Waals surface area contributed by atoms with Crippen LogP contribution in [0.4, 0.5) is 0 Å². The first kappa shape index (κ1) is 13.6. The van der Waals surface area contributed by atoms with Gasteiger partial charge in [0.05, 0.1) is 18.0 Å². The van der Waals surface area contributed by atoms with Gasteiger partial charge in [0.1, 0.15) is 5.75 Å². The van der Waals surface area contributed by atoms with E-state index in [-0.39, 0.29) is 6.10 Å². The van der Waals surface area contributed by atoms with E-state index in [2.05, 4.69) is 11.9 Å². The summed E-state index contributed by atoms with van der Waals surface area (Å²) in [4.78, 5) is 14.6. The Morgan fingerprint density at radius 3 is 2.95 bits per heavy atom. The molecule has 102 valence electrons. The van der Waals surface area contributed by atoms with Gasteiger partial charge < -0.3 is 9.84 Å². The van der Waals surface area contributed by atoms with Gasteiger partial charge in [0.15, 0.2) is 0 Å². The van der Waals surface area contributed by atoms with Crippen molar-refractivity contribution >= 4 is 12.0 Å². The molecule has 4 nitrogen and oxygen atoms in total. The molecule has 1 N–H and O–H groups in total. The average Bonchev–Trinajstić information content (AvgIpc) is 2.38. The van der Waals surface area contributed by atoms with Gasteiger partial charge in [0.2, 0.25) is 0 Å². The third-order valence-corrected chi connectivity index (χ3v) is 3.35. The smallest absolute Gasteiger partial charge is 0.328 e. The third-order valence-electron chi connectivity index (χ3n) is 3.35. The minimum atomic E-state index is -0.974. The normalized spacial score (nSPS) is 23.4. The molecular weight excluding hydrogens is 242 g/mol. The van der Waals surface area contributed by atoms with Crippen molar-refractivity contribution in [3.05, 3.63) is 30.1 Å². The summed E-state index contributed by atoms with van der Waals surface area (Å²) in [5.74, 6) is 0.509. The molecule has 1 aromatic heterocycles. The minimum Gasteiger partial charge on any atom is -0.489 e. The monoisotopic (exact) mass is 261 g/mol. The van der Waals surface area contributed by atoms with Gasteiger partial charge in [-0.05, 0) is 43.4 Å². The third kappa shape index (κ3) is 4.39. The Hall–Kier alpha value is -1.84. The highest BCUT2D eigenvalue weighted by Gasteiger charge is 2.20. The molecule has 2 unspecified atom stereocenters. The molecule has 0 radical (unpaired) electrons. The number of hydrogen-bond donors (Lipinski definition) is 1. The Morgan fingerprint density at radius 2 is 2.32 bits per heavy atom. The molecule has 1 heterocycles. The van der Waals surface area contributed by atoms with Crippen LogP contribution in [0.2, 0.25) is 0 Å². The molecule has 4 heteroatoms. The first-order valence-electron chi connectivity index (χ1n) is 6.67. The Labute approximate surface area is 113 Å². The van der Waals surface area contributed by atoms with Crippen molar-refractivity contribution in [1.29, 1.82) is 0 Å². The van der Waals surface area contributed by atoms with Crippen molar-refractivity contribution in [2.75, 3.05) is 0 Å². The lowest BCUT2D eigenvalue weighted by Gasteiger charge is -2.27. The van der Waals surface area contributed by atoms with Crippen molar-refractivity contribution in [3.63, 3.8) is 0 Å². The summed E-state index contributed by atoms with van der Waals surface area (Å²) in [6.07, 6.45) is 9.19. The summed E-state index contributed by atoms with van der Waals surface area (Å²) in [5.41, 5.74) is 0.617. The lowest BCUT2D eigenvalue weighted by atomic mass is 9.89. The van der Waals surface area contributed by atoms with Crippen molar-refractivity contribution in [3.8, 4) is 5.75 Å². The van der Waals surface area contributed by atoms with E-state index in [0.29, 0.717) is 5.69 Å². The zero-order chi connectivity index (χ0) is 13.7. The van der Waals surface area contributed by atoms with Crippen molar-refractivity contribution < 1.29 is 14.6 Å². The van der Waals surface area contributed by atoms with E-state index >= 15 is 0 Å². The van der Waals surface area contributed by atoms with Crippen molar-refractivity contribution in [1.82, 2.24) is 4.98 Å². The zero-order valence-corrected chi connectivity index (χ0v) is 11.1. The first-order valence-corrected chi connectivity index (χ1v) is 6.67. The maximum Gasteiger partial charge on any atom is 0.328 e. The van der Waals surface area contributed by atoms with Crippen LogP contribution < -0.4 is 4.74 Å². The summed E-state index contributed by atoms with van der Waals surface area (Å²) in [7, 11) is 0. The van der Waals surface area contributed by atoms with Gasteiger partial charge in [-0.2, -0.15) is 0 Å². The maximum atomic E-state index is 10.4. The van der Waals surface area contributed by atoms with Gasteiger partial charge in [-0.15, -0.1) is 0 Å². The number of aliphatic carboxylic acids is 1. The van der Waals surface area contributed by atoms with Gasteiger partial charge >= 0.3 is 5.97 Å². The van der Waals surface area contributed by atoms with Gasteiger partial charge in [0, 0.05) is 6.08 Å². The number of rotatable bonds is 4. The van der Waals surface area contributed by atoms with Gasteiger partial charge in [-0.3, -0.25) is 4.98 Å². The maximum absolute atomic E-state index is 10.4. The molecule has 1 aromatic rings. The predicted octanol–water partition coefficient (Wildman–Crippen LogP) is 3.14. The highest BCUT2D eigenvalue weighted by molar-refractivity contribution is 5.84. The van der Waals surface area contributed by atoms with Gasteiger partial charge in [-0.1, -0.05) is 13.3 Å². The van der Waals surface area contributed by atoms with Crippen LogP contribution in [-0.4, -0.2) is 22.2 Å². The van der Waals surface area contributed by atoms with Crippen molar-refractivity contribution in [2.45, 2.75) is 38.7 Å². The molecule has 0 aromatic carbocycles.